The van der Waals surface area contributed by atoms with Crippen LogP contribution in [0.15, 0.2) is 83.4 Å². The van der Waals surface area contributed by atoms with Gasteiger partial charge in [0, 0.05) is 5.56 Å². The minimum atomic E-state index is -0.228. The van der Waals surface area contributed by atoms with Crippen LogP contribution in [0.1, 0.15) is 17.3 Å². The van der Waals surface area contributed by atoms with Gasteiger partial charge in [0.2, 0.25) is 5.89 Å². The van der Waals surface area contributed by atoms with Crippen molar-refractivity contribution < 1.29 is 9.15 Å². The number of hydrogen-bond donors (Lipinski definition) is 1. The Balaban J connectivity index is 1.39. The van der Waals surface area contributed by atoms with E-state index >= 15 is 0 Å². The molecule has 154 valence electrons. The third-order valence-electron chi connectivity index (χ3n) is 5.16. The molecule has 2 heterocycles. The Morgan fingerprint density at radius 1 is 1.03 bits per heavy atom. The van der Waals surface area contributed by atoms with Crippen LogP contribution >= 0.6 is 0 Å². The van der Waals surface area contributed by atoms with Gasteiger partial charge in [0.05, 0.1) is 25.0 Å². The highest BCUT2D eigenvalue weighted by Gasteiger charge is 2.14. The van der Waals surface area contributed by atoms with Crippen LogP contribution < -0.4 is 10.5 Å². The molecule has 0 saturated carbocycles. The SMILES string of the molecule is COc1ccc(-c2nc3cc(-n4cc([C@H](N)Cc5ccccc5)nn4)ccc3o2)cc1. The van der Waals surface area contributed by atoms with E-state index in [1.165, 1.54) is 5.56 Å². The smallest absolute Gasteiger partial charge is 0.227 e. The van der Waals surface area contributed by atoms with Crippen molar-refractivity contribution >= 4 is 11.1 Å². The quantitative estimate of drug-likeness (QED) is 0.447. The van der Waals surface area contributed by atoms with E-state index in [9.17, 15) is 0 Å². The minimum absolute atomic E-state index is 0.228. The molecule has 7 heteroatoms. The zero-order valence-corrected chi connectivity index (χ0v) is 17.0. The molecule has 2 aromatic heterocycles. The summed E-state index contributed by atoms with van der Waals surface area (Å²) in [7, 11) is 1.64. The summed E-state index contributed by atoms with van der Waals surface area (Å²) in [6.45, 7) is 0. The van der Waals surface area contributed by atoms with Crippen molar-refractivity contribution in [3.05, 3.63) is 90.3 Å². The predicted octanol–water partition coefficient (Wildman–Crippen LogP) is 4.33. The van der Waals surface area contributed by atoms with Crippen LogP contribution in [-0.4, -0.2) is 27.1 Å². The molecule has 1 atom stereocenters. The molecule has 31 heavy (non-hydrogen) atoms. The highest BCUT2D eigenvalue weighted by molar-refractivity contribution is 5.78. The number of methoxy groups -OCH3 is 1. The molecular formula is C24H21N5O2. The van der Waals surface area contributed by atoms with Crippen molar-refractivity contribution in [1.82, 2.24) is 20.0 Å². The summed E-state index contributed by atoms with van der Waals surface area (Å²) in [6.07, 6.45) is 2.56. The Hall–Kier alpha value is -3.97. The molecule has 0 unspecified atom stereocenters. The topological polar surface area (TPSA) is 92.0 Å². The summed E-state index contributed by atoms with van der Waals surface area (Å²) in [6, 6.07) is 23.2. The van der Waals surface area contributed by atoms with Crippen LogP contribution in [0.2, 0.25) is 0 Å². The molecule has 0 aliphatic carbocycles. The number of fused-ring (bicyclic) bond motifs is 1. The fourth-order valence-electron chi connectivity index (χ4n) is 3.46. The van der Waals surface area contributed by atoms with Crippen LogP contribution in [-0.2, 0) is 6.42 Å². The van der Waals surface area contributed by atoms with Gasteiger partial charge in [0.1, 0.15) is 17.0 Å². The molecule has 5 rings (SSSR count). The molecule has 2 N–H and O–H groups in total. The van der Waals surface area contributed by atoms with Gasteiger partial charge in [-0.15, -0.1) is 5.10 Å². The van der Waals surface area contributed by atoms with Gasteiger partial charge in [-0.3, -0.25) is 0 Å². The molecule has 3 aromatic carbocycles. The van der Waals surface area contributed by atoms with Crippen molar-refractivity contribution in [3.63, 3.8) is 0 Å². The zero-order chi connectivity index (χ0) is 21.2. The second-order valence-corrected chi connectivity index (χ2v) is 7.28. The Bertz CT molecular complexity index is 1310. The van der Waals surface area contributed by atoms with Gasteiger partial charge in [-0.2, -0.15) is 0 Å². The molecule has 0 aliphatic rings. The monoisotopic (exact) mass is 411 g/mol. The Kier molecular flexibility index (Phi) is 4.93. The van der Waals surface area contributed by atoms with Gasteiger partial charge >= 0.3 is 0 Å². The van der Waals surface area contributed by atoms with Gasteiger partial charge in [-0.1, -0.05) is 35.5 Å². The summed E-state index contributed by atoms with van der Waals surface area (Å²) in [5.74, 6) is 1.34. The number of nitrogens with zero attached hydrogens (tertiary/aromatic N) is 4. The second-order valence-electron chi connectivity index (χ2n) is 7.28. The molecular weight excluding hydrogens is 390 g/mol. The third-order valence-corrected chi connectivity index (χ3v) is 5.16. The summed E-state index contributed by atoms with van der Waals surface area (Å²) in [5, 5.41) is 8.52. The van der Waals surface area contributed by atoms with Crippen LogP contribution in [0, 0.1) is 0 Å². The van der Waals surface area contributed by atoms with Crippen molar-refractivity contribution in [2.24, 2.45) is 5.73 Å². The lowest BCUT2D eigenvalue weighted by atomic mass is 10.0. The lowest BCUT2D eigenvalue weighted by Gasteiger charge is -2.07. The number of rotatable bonds is 6. The summed E-state index contributed by atoms with van der Waals surface area (Å²) < 4.78 is 12.8. The predicted molar refractivity (Wildman–Crippen MR) is 118 cm³/mol. The molecule has 7 nitrogen and oxygen atoms in total. The third kappa shape index (κ3) is 3.91. The van der Waals surface area contributed by atoms with E-state index in [0.717, 1.165) is 28.2 Å². The van der Waals surface area contributed by atoms with Crippen molar-refractivity contribution in [1.29, 1.82) is 0 Å². The first-order valence-electron chi connectivity index (χ1n) is 9.97. The lowest BCUT2D eigenvalue weighted by molar-refractivity contribution is 0.415. The van der Waals surface area contributed by atoms with Gasteiger partial charge in [0.25, 0.3) is 0 Å². The van der Waals surface area contributed by atoms with Crippen molar-refractivity contribution in [3.8, 4) is 22.9 Å². The van der Waals surface area contributed by atoms with Crippen LogP contribution in [0.3, 0.4) is 0 Å². The van der Waals surface area contributed by atoms with E-state index in [1.807, 2.05) is 66.9 Å². The maximum absolute atomic E-state index is 6.35. The molecule has 0 fully saturated rings. The number of oxazole rings is 1. The molecule has 0 amide bonds. The Labute approximate surface area is 179 Å². The Morgan fingerprint density at radius 2 is 1.84 bits per heavy atom. The maximum Gasteiger partial charge on any atom is 0.227 e. The van der Waals surface area contributed by atoms with Gasteiger partial charge in [-0.05, 0) is 54.4 Å². The molecule has 5 aromatic rings. The zero-order valence-electron chi connectivity index (χ0n) is 17.0. The first kappa shape index (κ1) is 19.0. The summed E-state index contributed by atoms with van der Waals surface area (Å²) in [5.41, 5.74) is 11.4. The molecule has 0 radical (unpaired) electrons. The van der Waals surface area contributed by atoms with Crippen LogP contribution in [0.25, 0.3) is 28.2 Å². The van der Waals surface area contributed by atoms with E-state index in [4.69, 9.17) is 14.9 Å². The Morgan fingerprint density at radius 3 is 2.61 bits per heavy atom. The fourth-order valence-corrected chi connectivity index (χ4v) is 3.46. The van der Waals surface area contributed by atoms with E-state index in [-0.39, 0.29) is 6.04 Å². The standard InChI is InChI=1S/C24H21N5O2/c1-30-19-10-7-17(8-11-19)24-26-21-14-18(9-12-23(21)31-24)29-15-22(27-28-29)20(25)13-16-5-3-2-4-6-16/h2-12,14-15,20H,13,25H2,1H3/t20-/m1/s1. The average Bonchev–Trinajstić information content (AvgIpc) is 3.47. The second kappa shape index (κ2) is 8.04. The van der Waals surface area contributed by atoms with Crippen LogP contribution in [0.4, 0.5) is 0 Å². The van der Waals surface area contributed by atoms with Crippen LogP contribution in [0.5, 0.6) is 5.75 Å². The summed E-state index contributed by atoms with van der Waals surface area (Å²) >= 11 is 0. The fraction of sp³-hybridized carbons (Fsp3) is 0.125. The normalized spacial score (nSPS) is 12.2. The number of benzene rings is 3. The molecule has 0 aliphatic heterocycles. The van der Waals surface area contributed by atoms with E-state index < -0.39 is 0 Å². The van der Waals surface area contributed by atoms with Crippen molar-refractivity contribution in [2.45, 2.75) is 12.5 Å². The lowest BCUT2D eigenvalue weighted by Crippen LogP contribution is -2.13. The van der Waals surface area contributed by atoms with Gasteiger partial charge in [0.15, 0.2) is 5.58 Å². The van der Waals surface area contributed by atoms with E-state index in [0.29, 0.717) is 17.9 Å². The molecule has 0 spiro atoms. The molecule has 0 bridgehead atoms. The van der Waals surface area contributed by atoms with Crippen molar-refractivity contribution in [2.75, 3.05) is 7.11 Å². The van der Waals surface area contributed by atoms with E-state index in [2.05, 4.69) is 27.4 Å². The first-order valence-corrected chi connectivity index (χ1v) is 9.97. The highest BCUT2D eigenvalue weighted by Crippen LogP contribution is 2.27. The minimum Gasteiger partial charge on any atom is -0.497 e. The number of aromatic nitrogens is 4. The molecule has 0 saturated heterocycles. The number of nitrogens with two attached hydrogens (primary N) is 1. The number of ether oxygens (including phenoxy) is 1. The first-order chi connectivity index (χ1) is 15.2. The van der Waals surface area contributed by atoms with E-state index in [1.54, 1.807) is 11.8 Å². The van der Waals surface area contributed by atoms with Gasteiger partial charge < -0.3 is 14.9 Å². The average molecular weight is 411 g/mol. The maximum atomic E-state index is 6.35. The highest BCUT2D eigenvalue weighted by atomic mass is 16.5. The largest absolute Gasteiger partial charge is 0.497 e. The number of hydrogen-bond acceptors (Lipinski definition) is 6. The van der Waals surface area contributed by atoms with Gasteiger partial charge in [-0.25, -0.2) is 9.67 Å². The summed E-state index contributed by atoms with van der Waals surface area (Å²) in [4.78, 5) is 4.63.